The highest BCUT2D eigenvalue weighted by atomic mass is 32.1. The van der Waals surface area contributed by atoms with Gasteiger partial charge in [-0.05, 0) is 18.9 Å². The van der Waals surface area contributed by atoms with Crippen LogP contribution in [0.2, 0.25) is 0 Å². The molecule has 2 atom stereocenters. The summed E-state index contributed by atoms with van der Waals surface area (Å²) >= 11 is 1.22. The molecule has 84 valence electrons. The van der Waals surface area contributed by atoms with E-state index in [4.69, 9.17) is 5.73 Å². The zero-order valence-electron chi connectivity index (χ0n) is 8.76. The predicted molar refractivity (Wildman–Crippen MR) is 59.4 cm³/mol. The first kappa shape index (κ1) is 10.8. The number of hydrogen-bond acceptors (Lipinski definition) is 6. The molecule has 3 N–H and O–H groups in total. The summed E-state index contributed by atoms with van der Waals surface area (Å²) in [7, 11) is 0. The van der Waals surface area contributed by atoms with Crippen LogP contribution in [-0.2, 0) is 6.54 Å². The molecule has 1 aromatic rings. The van der Waals surface area contributed by atoms with Crippen molar-refractivity contribution in [2.24, 2.45) is 5.92 Å². The van der Waals surface area contributed by atoms with Gasteiger partial charge in [0.1, 0.15) is 10.7 Å². The third kappa shape index (κ3) is 2.11. The number of anilines is 1. The Morgan fingerprint density at radius 3 is 3.07 bits per heavy atom. The number of likely N-dealkylation sites (tertiary alicyclic amines) is 1. The maximum absolute atomic E-state index is 9.30. The van der Waals surface area contributed by atoms with Crippen molar-refractivity contribution in [2.45, 2.75) is 25.9 Å². The maximum atomic E-state index is 9.30. The van der Waals surface area contributed by atoms with E-state index in [-0.39, 0.29) is 12.6 Å². The molecule has 15 heavy (non-hydrogen) atoms. The molecule has 0 radical (unpaired) electrons. The molecule has 2 rings (SSSR count). The van der Waals surface area contributed by atoms with Crippen LogP contribution in [0, 0.1) is 5.92 Å². The fourth-order valence-corrected chi connectivity index (χ4v) is 2.53. The Bertz CT molecular complexity index is 330. The molecule has 5 nitrogen and oxygen atoms in total. The highest BCUT2D eigenvalue weighted by molar-refractivity contribution is 7.09. The zero-order valence-corrected chi connectivity index (χ0v) is 9.57. The van der Waals surface area contributed by atoms with E-state index in [0.29, 0.717) is 17.5 Å². The summed E-state index contributed by atoms with van der Waals surface area (Å²) in [5, 5.41) is 14.0. The summed E-state index contributed by atoms with van der Waals surface area (Å²) in [6.45, 7) is 4.09. The summed E-state index contributed by atoms with van der Waals surface area (Å²) in [5.41, 5.74) is 6.58. The van der Waals surface area contributed by atoms with Gasteiger partial charge in [0.15, 0.2) is 0 Å². The fraction of sp³-hybridized carbons (Fsp3) is 0.778. The van der Waals surface area contributed by atoms with E-state index in [1.165, 1.54) is 11.5 Å². The van der Waals surface area contributed by atoms with E-state index in [2.05, 4.69) is 21.4 Å². The Balaban J connectivity index is 2.03. The molecule has 0 bridgehead atoms. The summed E-state index contributed by atoms with van der Waals surface area (Å²) in [6.07, 6.45) is 1.13. The number of nitrogens with two attached hydrogens (primary N) is 1. The normalized spacial score (nSPS) is 27.3. The third-order valence-electron chi connectivity index (χ3n) is 3.12. The molecule has 1 saturated heterocycles. The Kier molecular flexibility index (Phi) is 3.18. The minimum atomic E-state index is 0.207. The Morgan fingerprint density at radius 2 is 2.47 bits per heavy atom. The number of rotatable bonds is 3. The van der Waals surface area contributed by atoms with Crippen LogP contribution >= 0.6 is 11.5 Å². The molecular formula is C9H16N4OS. The average molecular weight is 228 g/mol. The number of nitrogens with zero attached hydrogens (tertiary/aromatic N) is 3. The summed E-state index contributed by atoms with van der Waals surface area (Å²) < 4.78 is 3.81. The smallest absolute Gasteiger partial charge is 0.132 e. The molecule has 2 heterocycles. The summed E-state index contributed by atoms with van der Waals surface area (Å²) in [4.78, 5) is 2.23. The van der Waals surface area contributed by atoms with Crippen molar-refractivity contribution in [2.75, 3.05) is 18.9 Å². The van der Waals surface area contributed by atoms with Crippen LogP contribution < -0.4 is 5.73 Å². The topological polar surface area (TPSA) is 75.3 Å². The first-order chi connectivity index (χ1) is 7.22. The molecule has 0 aliphatic carbocycles. The number of hydrogen-bond donors (Lipinski definition) is 2. The van der Waals surface area contributed by atoms with Gasteiger partial charge in [-0.2, -0.15) is 0 Å². The minimum Gasteiger partial charge on any atom is -0.395 e. The molecule has 1 aromatic heterocycles. The first-order valence-corrected chi connectivity index (χ1v) is 5.91. The van der Waals surface area contributed by atoms with E-state index in [1.807, 2.05) is 0 Å². The van der Waals surface area contributed by atoms with E-state index in [1.54, 1.807) is 0 Å². The molecule has 2 unspecified atom stereocenters. The van der Waals surface area contributed by atoms with Crippen LogP contribution in [0.25, 0.3) is 0 Å². The van der Waals surface area contributed by atoms with Crippen LogP contribution in [0.5, 0.6) is 0 Å². The lowest BCUT2D eigenvalue weighted by molar-refractivity contribution is 0.133. The molecule has 1 fully saturated rings. The lowest BCUT2D eigenvalue weighted by Gasteiger charge is -2.23. The van der Waals surface area contributed by atoms with Crippen LogP contribution in [0.1, 0.15) is 19.0 Å². The van der Waals surface area contributed by atoms with E-state index in [9.17, 15) is 5.11 Å². The second-order valence-electron chi connectivity index (χ2n) is 4.07. The molecule has 0 saturated carbocycles. The zero-order chi connectivity index (χ0) is 10.8. The Hall–Kier alpha value is -0.720. The average Bonchev–Trinajstić information content (AvgIpc) is 2.76. The third-order valence-corrected chi connectivity index (χ3v) is 3.72. The molecule has 6 heteroatoms. The first-order valence-electron chi connectivity index (χ1n) is 5.14. The van der Waals surface area contributed by atoms with Crippen LogP contribution in [0.15, 0.2) is 0 Å². The minimum absolute atomic E-state index is 0.207. The van der Waals surface area contributed by atoms with Crippen molar-refractivity contribution in [1.29, 1.82) is 0 Å². The van der Waals surface area contributed by atoms with E-state index in [0.717, 1.165) is 18.7 Å². The maximum Gasteiger partial charge on any atom is 0.132 e. The van der Waals surface area contributed by atoms with Crippen LogP contribution in [-0.4, -0.2) is 38.8 Å². The largest absolute Gasteiger partial charge is 0.395 e. The second-order valence-corrected chi connectivity index (χ2v) is 4.86. The highest BCUT2D eigenvalue weighted by Crippen LogP contribution is 2.26. The monoisotopic (exact) mass is 228 g/mol. The van der Waals surface area contributed by atoms with Gasteiger partial charge >= 0.3 is 0 Å². The lowest BCUT2D eigenvalue weighted by Crippen LogP contribution is -2.34. The van der Waals surface area contributed by atoms with Crippen molar-refractivity contribution in [1.82, 2.24) is 14.5 Å². The molecule has 0 aromatic carbocycles. The van der Waals surface area contributed by atoms with Gasteiger partial charge in [0.2, 0.25) is 0 Å². The van der Waals surface area contributed by atoms with Crippen molar-refractivity contribution in [3.05, 3.63) is 5.69 Å². The van der Waals surface area contributed by atoms with Crippen molar-refractivity contribution >= 4 is 16.5 Å². The van der Waals surface area contributed by atoms with Gasteiger partial charge in [-0.1, -0.05) is 11.4 Å². The predicted octanol–water partition coefficient (Wildman–Crippen LogP) is 0.323. The van der Waals surface area contributed by atoms with Crippen LogP contribution in [0.4, 0.5) is 5.00 Å². The van der Waals surface area contributed by atoms with Gasteiger partial charge in [0, 0.05) is 24.1 Å². The van der Waals surface area contributed by atoms with Crippen molar-refractivity contribution in [3.63, 3.8) is 0 Å². The van der Waals surface area contributed by atoms with Crippen LogP contribution in [0.3, 0.4) is 0 Å². The Morgan fingerprint density at radius 1 is 1.67 bits per heavy atom. The molecule has 0 spiro atoms. The molecule has 1 aliphatic heterocycles. The molecule has 0 amide bonds. The quantitative estimate of drug-likeness (QED) is 0.779. The number of aliphatic hydroxyl groups is 1. The summed E-state index contributed by atoms with van der Waals surface area (Å²) in [5.74, 6) is 0.544. The SMILES string of the molecule is CC1CCN(Cc2nnsc2N)C1CO. The van der Waals surface area contributed by atoms with E-state index < -0.39 is 0 Å². The number of aromatic nitrogens is 2. The van der Waals surface area contributed by atoms with Gasteiger partial charge in [0.25, 0.3) is 0 Å². The standard InChI is InChI=1S/C9H16N4OS/c1-6-2-3-13(8(6)5-14)4-7-9(10)15-12-11-7/h6,8,14H,2-5,10H2,1H3. The Labute approximate surface area is 93.1 Å². The van der Waals surface area contributed by atoms with Crippen molar-refractivity contribution < 1.29 is 5.11 Å². The fourth-order valence-electron chi connectivity index (χ4n) is 2.10. The second kappa shape index (κ2) is 4.42. The number of nitrogen functional groups attached to an aromatic ring is 1. The van der Waals surface area contributed by atoms with Crippen molar-refractivity contribution in [3.8, 4) is 0 Å². The van der Waals surface area contributed by atoms with Gasteiger partial charge in [0.05, 0.1) is 6.61 Å². The van der Waals surface area contributed by atoms with Gasteiger partial charge < -0.3 is 10.8 Å². The molecule has 1 aliphatic rings. The summed E-state index contributed by atoms with van der Waals surface area (Å²) in [6, 6.07) is 0.242. The number of aliphatic hydroxyl groups excluding tert-OH is 1. The van der Waals surface area contributed by atoms with Gasteiger partial charge in [-0.15, -0.1) is 5.10 Å². The molecular weight excluding hydrogens is 212 g/mol. The van der Waals surface area contributed by atoms with Gasteiger partial charge in [-0.3, -0.25) is 4.90 Å². The lowest BCUT2D eigenvalue weighted by atomic mass is 10.0. The van der Waals surface area contributed by atoms with E-state index >= 15 is 0 Å². The van der Waals surface area contributed by atoms with Gasteiger partial charge in [-0.25, -0.2) is 0 Å². The highest BCUT2D eigenvalue weighted by Gasteiger charge is 2.31.